The maximum Gasteiger partial charge on any atom is 0.188 e. The van der Waals surface area contributed by atoms with Crippen LogP contribution in [0.2, 0.25) is 0 Å². The van der Waals surface area contributed by atoms with Gasteiger partial charge in [0.2, 0.25) is 0 Å². The zero-order valence-corrected chi connectivity index (χ0v) is 9.03. The molecule has 0 radical (unpaired) electrons. The first-order valence-corrected chi connectivity index (χ1v) is 5.31. The van der Waals surface area contributed by atoms with E-state index < -0.39 is 0 Å². The minimum atomic E-state index is 0.199. The van der Waals surface area contributed by atoms with Gasteiger partial charge in [-0.15, -0.1) is 0 Å². The van der Waals surface area contributed by atoms with Gasteiger partial charge in [0.15, 0.2) is 6.79 Å². The number of hydrogen-bond acceptors (Lipinski definition) is 3. The molecule has 1 aliphatic carbocycles. The molecule has 3 nitrogen and oxygen atoms in total. The lowest BCUT2D eigenvalue weighted by atomic mass is 9.88. The molecule has 1 unspecified atom stereocenters. The summed E-state index contributed by atoms with van der Waals surface area (Å²) in [6, 6.07) is 6.31. The average Bonchev–Trinajstić information content (AvgIpc) is 2.26. The highest BCUT2D eigenvalue weighted by molar-refractivity contribution is 5.38. The highest BCUT2D eigenvalue weighted by Gasteiger charge is 2.16. The number of rotatable bonds is 3. The molecule has 0 fully saturated rings. The summed E-state index contributed by atoms with van der Waals surface area (Å²) in [4.78, 5) is 0. The van der Waals surface area contributed by atoms with Gasteiger partial charge in [0.25, 0.3) is 0 Å². The van der Waals surface area contributed by atoms with Gasteiger partial charge in [-0.3, -0.25) is 0 Å². The zero-order chi connectivity index (χ0) is 10.7. The van der Waals surface area contributed by atoms with Crippen LogP contribution in [0, 0.1) is 0 Å². The number of benzene rings is 1. The average molecular weight is 207 g/mol. The summed E-state index contributed by atoms with van der Waals surface area (Å²) >= 11 is 0. The molecule has 0 aromatic heterocycles. The van der Waals surface area contributed by atoms with Crippen LogP contribution in [0.4, 0.5) is 0 Å². The fourth-order valence-corrected chi connectivity index (χ4v) is 2.05. The van der Waals surface area contributed by atoms with Gasteiger partial charge >= 0.3 is 0 Å². The summed E-state index contributed by atoms with van der Waals surface area (Å²) in [5.41, 5.74) is 8.62. The molecule has 0 amide bonds. The van der Waals surface area contributed by atoms with Gasteiger partial charge in [-0.05, 0) is 42.5 Å². The van der Waals surface area contributed by atoms with E-state index in [1.54, 1.807) is 7.11 Å². The first kappa shape index (κ1) is 10.5. The van der Waals surface area contributed by atoms with Crippen molar-refractivity contribution in [3.05, 3.63) is 29.3 Å². The van der Waals surface area contributed by atoms with Crippen molar-refractivity contribution in [1.82, 2.24) is 0 Å². The molecule has 0 spiro atoms. The topological polar surface area (TPSA) is 44.5 Å². The third kappa shape index (κ3) is 2.30. The summed E-state index contributed by atoms with van der Waals surface area (Å²) in [7, 11) is 1.62. The number of ether oxygens (including phenoxy) is 2. The van der Waals surface area contributed by atoms with E-state index >= 15 is 0 Å². The monoisotopic (exact) mass is 207 g/mol. The SMILES string of the molecule is COCOc1ccc2c(c1)CCCC2N. The number of fused-ring (bicyclic) bond motifs is 1. The molecule has 1 aliphatic rings. The van der Waals surface area contributed by atoms with Gasteiger partial charge in [0.05, 0.1) is 0 Å². The normalized spacial score (nSPS) is 19.7. The lowest BCUT2D eigenvalue weighted by Crippen LogP contribution is -2.17. The fraction of sp³-hybridized carbons (Fsp3) is 0.500. The minimum Gasteiger partial charge on any atom is -0.468 e. The second-order valence-electron chi connectivity index (χ2n) is 3.91. The third-order valence-electron chi connectivity index (χ3n) is 2.82. The van der Waals surface area contributed by atoms with Crippen molar-refractivity contribution in [1.29, 1.82) is 0 Å². The molecule has 0 saturated heterocycles. The smallest absolute Gasteiger partial charge is 0.188 e. The van der Waals surface area contributed by atoms with E-state index in [1.165, 1.54) is 17.5 Å². The Morgan fingerprint density at radius 1 is 1.47 bits per heavy atom. The molecular weight excluding hydrogens is 190 g/mol. The predicted octanol–water partition coefficient (Wildman–Crippen LogP) is 2.01. The van der Waals surface area contributed by atoms with E-state index in [2.05, 4.69) is 12.1 Å². The van der Waals surface area contributed by atoms with Gasteiger partial charge in [-0.1, -0.05) is 6.07 Å². The van der Waals surface area contributed by atoms with Crippen molar-refractivity contribution < 1.29 is 9.47 Å². The third-order valence-corrected chi connectivity index (χ3v) is 2.82. The molecule has 82 valence electrons. The number of methoxy groups -OCH3 is 1. The summed E-state index contributed by atoms with van der Waals surface area (Å²) < 4.78 is 10.3. The van der Waals surface area contributed by atoms with Crippen molar-refractivity contribution in [3.8, 4) is 5.75 Å². The summed E-state index contributed by atoms with van der Waals surface area (Å²) in [5.74, 6) is 0.865. The van der Waals surface area contributed by atoms with E-state index in [0.717, 1.165) is 18.6 Å². The van der Waals surface area contributed by atoms with Crippen LogP contribution in [0.1, 0.15) is 30.0 Å². The van der Waals surface area contributed by atoms with Crippen LogP contribution in [0.3, 0.4) is 0 Å². The van der Waals surface area contributed by atoms with Crippen LogP contribution < -0.4 is 10.5 Å². The van der Waals surface area contributed by atoms with Crippen LogP contribution in [0.5, 0.6) is 5.75 Å². The second kappa shape index (κ2) is 4.64. The Kier molecular flexibility index (Phi) is 3.23. The molecule has 2 N–H and O–H groups in total. The highest BCUT2D eigenvalue weighted by Crippen LogP contribution is 2.30. The highest BCUT2D eigenvalue weighted by atomic mass is 16.7. The quantitative estimate of drug-likeness (QED) is 0.771. The number of aryl methyl sites for hydroxylation is 1. The number of hydrogen-bond donors (Lipinski definition) is 1. The van der Waals surface area contributed by atoms with Crippen LogP contribution in [0.25, 0.3) is 0 Å². The van der Waals surface area contributed by atoms with Crippen molar-refractivity contribution in [2.75, 3.05) is 13.9 Å². The summed E-state index contributed by atoms with van der Waals surface area (Å²) in [6.45, 7) is 0.296. The van der Waals surface area contributed by atoms with Crippen LogP contribution in [0.15, 0.2) is 18.2 Å². The Balaban J connectivity index is 2.18. The van der Waals surface area contributed by atoms with E-state index in [4.69, 9.17) is 15.2 Å². The Bertz CT molecular complexity index is 338. The molecule has 15 heavy (non-hydrogen) atoms. The largest absolute Gasteiger partial charge is 0.468 e. The van der Waals surface area contributed by atoms with E-state index in [-0.39, 0.29) is 6.04 Å². The predicted molar refractivity (Wildman–Crippen MR) is 58.8 cm³/mol. The van der Waals surface area contributed by atoms with Gasteiger partial charge in [0, 0.05) is 13.2 Å². The van der Waals surface area contributed by atoms with Crippen LogP contribution in [-0.2, 0) is 11.2 Å². The molecule has 3 heteroatoms. The first-order chi connectivity index (χ1) is 7.31. The van der Waals surface area contributed by atoms with Gasteiger partial charge in [0.1, 0.15) is 5.75 Å². The van der Waals surface area contributed by atoms with Gasteiger partial charge in [-0.2, -0.15) is 0 Å². The van der Waals surface area contributed by atoms with Gasteiger partial charge < -0.3 is 15.2 Å². The lowest BCUT2D eigenvalue weighted by molar-refractivity contribution is 0.0510. The molecule has 0 bridgehead atoms. The fourth-order valence-electron chi connectivity index (χ4n) is 2.05. The van der Waals surface area contributed by atoms with E-state index in [1.807, 2.05) is 6.07 Å². The molecule has 1 aromatic rings. The van der Waals surface area contributed by atoms with Crippen molar-refractivity contribution >= 4 is 0 Å². The molecule has 1 aromatic carbocycles. The van der Waals surface area contributed by atoms with Crippen molar-refractivity contribution in [2.24, 2.45) is 5.73 Å². The van der Waals surface area contributed by atoms with Crippen molar-refractivity contribution in [3.63, 3.8) is 0 Å². The Hall–Kier alpha value is -1.06. The van der Waals surface area contributed by atoms with E-state index in [9.17, 15) is 0 Å². The maximum atomic E-state index is 6.03. The Morgan fingerprint density at radius 3 is 3.13 bits per heavy atom. The summed E-state index contributed by atoms with van der Waals surface area (Å²) in [5, 5.41) is 0. The first-order valence-electron chi connectivity index (χ1n) is 5.31. The zero-order valence-electron chi connectivity index (χ0n) is 9.03. The summed E-state index contributed by atoms with van der Waals surface area (Å²) in [6.07, 6.45) is 3.36. The molecule has 2 rings (SSSR count). The Labute approximate surface area is 90.2 Å². The van der Waals surface area contributed by atoms with Crippen LogP contribution in [-0.4, -0.2) is 13.9 Å². The molecule has 1 atom stereocenters. The minimum absolute atomic E-state index is 0.199. The van der Waals surface area contributed by atoms with Crippen LogP contribution >= 0.6 is 0 Å². The standard InChI is InChI=1S/C12H17NO2/c1-14-8-15-10-5-6-11-9(7-10)3-2-4-12(11)13/h5-7,12H,2-4,8,13H2,1H3. The molecule has 0 aliphatic heterocycles. The molecule has 0 saturated carbocycles. The Morgan fingerprint density at radius 2 is 2.33 bits per heavy atom. The molecular formula is C12H17NO2. The van der Waals surface area contributed by atoms with Crippen molar-refractivity contribution in [2.45, 2.75) is 25.3 Å². The maximum absolute atomic E-state index is 6.03. The lowest BCUT2D eigenvalue weighted by Gasteiger charge is -2.22. The number of nitrogens with two attached hydrogens (primary N) is 1. The van der Waals surface area contributed by atoms with E-state index in [0.29, 0.717) is 6.79 Å². The van der Waals surface area contributed by atoms with Gasteiger partial charge in [-0.25, -0.2) is 0 Å². The second-order valence-corrected chi connectivity index (χ2v) is 3.91. The molecule has 0 heterocycles.